The summed E-state index contributed by atoms with van der Waals surface area (Å²) < 4.78 is 0. The largest absolute Gasteiger partial charge is 0.317 e. The first kappa shape index (κ1) is 12.5. The Morgan fingerprint density at radius 2 is 1.95 bits per heavy atom. The third-order valence-corrected chi connectivity index (χ3v) is 5.76. The predicted octanol–water partition coefficient (Wildman–Crippen LogP) is 3.44. The Morgan fingerprint density at radius 1 is 1.09 bits per heavy atom. The maximum atomic E-state index is 12.6. The molecule has 0 unspecified atom stereocenters. The minimum atomic E-state index is 0.253. The van der Waals surface area contributed by atoms with E-state index >= 15 is 0 Å². The lowest BCUT2D eigenvalue weighted by atomic mass is 9.91. The molecule has 108 valence electrons. The number of Topliss-reactive ketones (excluding diaryl/α,β-unsaturated/α-hetero) is 1. The van der Waals surface area contributed by atoms with Gasteiger partial charge in [-0.1, -0.05) is 36.4 Å². The summed E-state index contributed by atoms with van der Waals surface area (Å²) in [7, 11) is 0. The van der Waals surface area contributed by atoms with Crippen LogP contribution in [0.3, 0.4) is 0 Å². The van der Waals surface area contributed by atoms with E-state index in [9.17, 15) is 4.79 Å². The zero-order chi connectivity index (χ0) is 14.7. The second-order valence-corrected chi connectivity index (χ2v) is 6.82. The molecule has 3 aliphatic rings. The minimum absolute atomic E-state index is 0.253. The van der Waals surface area contributed by atoms with Gasteiger partial charge >= 0.3 is 0 Å². The van der Waals surface area contributed by atoms with Gasteiger partial charge in [-0.25, -0.2) is 0 Å². The number of rotatable bonds is 0. The van der Waals surface area contributed by atoms with Gasteiger partial charge in [-0.15, -0.1) is 0 Å². The number of hydrogen-bond donors (Lipinski definition) is 0. The van der Waals surface area contributed by atoms with Gasteiger partial charge in [0.1, 0.15) is 0 Å². The third-order valence-electron chi connectivity index (χ3n) is 4.60. The van der Waals surface area contributed by atoms with Gasteiger partial charge < -0.3 is 4.90 Å². The van der Waals surface area contributed by atoms with Crippen molar-refractivity contribution in [1.82, 2.24) is 4.90 Å². The zero-order valence-corrected chi connectivity index (χ0v) is 12.8. The molecule has 2 aromatic carbocycles. The molecule has 0 radical (unpaired) electrons. The van der Waals surface area contributed by atoms with Crippen molar-refractivity contribution in [1.29, 1.82) is 0 Å². The highest BCUT2D eigenvalue weighted by atomic mass is 32.2. The number of ketones is 1. The summed E-state index contributed by atoms with van der Waals surface area (Å²) in [5, 5.41) is 3.55. The number of nitrogens with zero attached hydrogens (tertiary/aromatic N) is 2. The monoisotopic (exact) mass is 306 g/mol. The maximum Gasteiger partial charge on any atom is 0.172 e. The summed E-state index contributed by atoms with van der Waals surface area (Å²) in [6.07, 6.45) is 1.40. The summed E-state index contributed by atoms with van der Waals surface area (Å²) in [6, 6.07) is 12.8. The van der Waals surface area contributed by atoms with Crippen molar-refractivity contribution in [2.75, 3.05) is 13.1 Å². The molecule has 2 heterocycles. The van der Waals surface area contributed by atoms with Crippen LogP contribution in [0.25, 0.3) is 16.5 Å². The average molecular weight is 306 g/mol. The SMILES string of the molecule is O=C1CCc2cccc3cccc(c23)C2=C1SC1=NCCN12. The highest BCUT2D eigenvalue weighted by Gasteiger charge is 2.37. The lowest BCUT2D eigenvalue weighted by molar-refractivity contribution is -0.114. The van der Waals surface area contributed by atoms with E-state index in [2.05, 4.69) is 46.3 Å². The Hall–Kier alpha value is -2.07. The molecule has 0 saturated carbocycles. The number of hydrogen-bond acceptors (Lipinski definition) is 4. The first-order valence-corrected chi connectivity index (χ1v) is 8.43. The highest BCUT2D eigenvalue weighted by molar-refractivity contribution is 8.18. The van der Waals surface area contributed by atoms with Crippen LogP contribution < -0.4 is 0 Å². The fraction of sp³-hybridized carbons (Fsp3) is 0.222. The van der Waals surface area contributed by atoms with Crippen LogP contribution in [0.4, 0.5) is 0 Å². The highest BCUT2D eigenvalue weighted by Crippen LogP contribution is 2.45. The van der Waals surface area contributed by atoms with E-state index in [0.29, 0.717) is 6.42 Å². The van der Waals surface area contributed by atoms with E-state index in [-0.39, 0.29) is 5.78 Å². The van der Waals surface area contributed by atoms with Gasteiger partial charge in [-0.3, -0.25) is 9.79 Å². The number of allylic oxidation sites excluding steroid dienone is 1. The fourth-order valence-corrected chi connectivity index (χ4v) is 4.79. The summed E-state index contributed by atoms with van der Waals surface area (Å²) in [5.74, 6) is 0.253. The lowest BCUT2D eigenvalue weighted by Gasteiger charge is -2.21. The lowest BCUT2D eigenvalue weighted by Crippen LogP contribution is -2.21. The van der Waals surface area contributed by atoms with Gasteiger partial charge in [0.2, 0.25) is 0 Å². The molecule has 0 atom stereocenters. The van der Waals surface area contributed by atoms with Crippen molar-refractivity contribution < 1.29 is 4.79 Å². The van der Waals surface area contributed by atoms with Gasteiger partial charge in [0, 0.05) is 18.5 Å². The molecule has 0 N–H and O–H groups in total. The number of benzene rings is 2. The van der Waals surface area contributed by atoms with Crippen molar-refractivity contribution in [3.8, 4) is 0 Å². The van der Waals surface area contributed by atoms with Gasteiger partial charge in [0.15, 0.2) is 11.0 Å². The number of aryl methyl sites for hydroxylation is 1. The molecule has 0 amide bonds. The molecule has 5 rings (SSSR count). The Labute approximate surface area is 132 Å². The second-order valence-electron chi connectivity index (χ2n) is 5.84. The van der Waals surface area contributed by atoms with Crippen LogP contribution in [0.1, 0.15) is 17.5 Å². The molecule has 0 fully saturated rings. The number of amidine groups is 1. The summed E-state index contributed by atoms with van der Waals surface area (Å²) in [6.45, 7) is 1.71. The molecule has 0 bridgehead atoms. The number of aliphatic imine (C=N–C) groups is 1. The Morgan fingerprint density at radius 3 is 2.86 bits per heavy atom. The third kappa shape index (κ3) is 1.59. The van der Waals surface area contributed by atoms with Crippen LogP contribution in [-0.4, -0.2) is 28.9 Å². The molecular weight excluding hydrogens is 292 g/mol. The summed E-state index contributed by atoms with van der Waals surface area (Å²) in [5.41, 5.74) is 3.56. The predicted molar refractivity (Wildman–Crippen MR) is 90.8 cm³/mol. The Kier molecular flexibility index (Phi) is 2.53. The first-order valence-electron chi connectivity index (χ1n) is 7.61. The number of thioether (sulfide) groups is 1. The standard InChI is InChI=1S/C18H14N2OS/c21-14-8-7-12-4-1-3-11-5-2-6-13(15(11)12)16-17(14)22-18-19-9-10-20(16)18/h1-6H,7-10H2. The van der Waals surface area contributed by atoms with E-state index < -0.39 is 0 Å². The molecule has 4 heteroatoms. The minimum Gasteiger partial charge on any atom is -0.317 e. The maximum absolute atomic E-state index is 12.6. The van der Waals surface area contributed by atoms with E-state index in [1.165, 1.54) is 21.9 Å². The molecule has 1 aliphatic carbocycles. The van der Waals surface area contributed by atoms with Gasteiger partial charge in [-0.05, 0) is 34.5 Å². The molecule has 2 aliphatic heterocycles. The number of fused-ring (bicyclic) bond motifs is 3. The van der Waals surface area contributed by atoms with Crippen molar-refractivity contribution in [2.45, 2.75) is 12.8 Å². The van der Waals surface area contributed by atoms with Crippen molar-refractivity contribution in [2.24, 2.45) is 4.99 Å². The topological polar surface area (TPSA) is 32.7 Å². The van der Waals surface area contributed by atoms with E-state index in [1.807, 2.05) is 0 Å². The van der Waals surface area contributed by atoms with Crippen LogP contribution in [0.2, 0.25) is 0 Å². The average Bonchev–Trinajstić information content (AvgIpc) is 3.11. The van der Waals surface area contributed by atoms with Crippen LogP contribution in [0.15, 0.2) is 46.3 Å². The van der Waals surface area contributed by atoms with E-state index in [4.69, 9.17) is 0 Å². The van der Waals surface area contributed by atoms with E-state index in [1.54, 1.807) is 11.8 Å². The van der Waals surface area contributed by atoms with Crippen molar-refractivity contribution >= 4 is 39.2 Å². The van der Waals surface area contributed by atoms with Crippen molar-refractivity contribution in [3.05, 3.63) is 52.4 Å². The smallest absolute Gasteiger partial charge is 0.172 e. The van der Waals surface area contributed by atoms with Crippen LogP contribution in [0, 0.1) is 0 Å². The normalized spacial score (nSPS) is 19.9. The van der Waals surface area contributed by atoms with Crippen LogP contribution in [0.5, 0.6) is 0 Å². The summed E-state index contributed by atoms with van der Waals surface area (Å²) in [4.78, 5) is 20.3. The fourth-order valence-electron chi connectivity index (χ4n) is 3.63. The second kappa shape index (κ2) is 4.46. The molecule has 2 aromatic rings. The van der Waals surface area contributed by atoms with Gasteiger partial charge in [-0.2, -0.15) is 0 Å². The molecule has 3 nitrogen and oxygen atoms in total. The Balaban J connectivity index is 1.88. The molecule has 22 heavy (non-hydrogen) atoms. The summed E-state index contributed by atoms with van der Waals surface area (Å²) >= 11 is 1.56. The van der Waals surface area contributed by atoms with Gasteiger partial charge in [0.05, 0.1) is 17.1 Å². The Bertz CT molecular complexity index is 892. The zero-order valence-electron chi connectivity index (χ0n) is 12.0. The van der Waals surface area contributed by atoms with Crippen molar-refractivity contribution in [3.63, 3.8) is 0 Å². The molecule has 0 saturated heterocycles. The van der Waals surface area contributed by atoms with Crippen LogP contribution in [-0.2, 0) is 11.2 Å². The molecule has 0 aromatic heterocycles. The number of carbonyl (C=O) groups excluding carboxylic acids is 1. The van der Waals surface area contributed by atoms with E-state index in [0.717, 1.165) is 35.3 Å². The van der Waals surface area contributed by atoms with Crippen LogP contribution >= 0.6 is 11.8 Å². The number of carbonyl (C=O) groups is 1. The molecular formula is C18H14N2OS. The quantitative estimate of drug-likeness (QED) is 0.747. The molecule has 0 spiro atoms. The first-order chi connectivity index (χ1) is 10.8. The van der Waals surface area contributed by atoms with Gasteiger partial charge in [0.25, 0.3) is 0 Å².